The van der Waals surface area contributed by atoms with Crippen LogP contribution in [0.3, 0.4) is 0 Å². The second-order valence-corrected chi connectivity index (χ2v) is 12.6. The van der Waals surface area contributed by atoms with E-state index in [-0.39, 0.29) is 0 Å². The minimum Gasteiger partial charge on any atom is -0.491 e. The number of nitrogen functional groups attached to an aromatic ring is 1. The summed E-state index contributed by atoms with van der Waals surface area (Å²) in [5.41, 5.74) is 8.87. The summed E-state index contributed by atoms with van der Waals surface area (Å²) in [4.78, 5) is 19.0. The van der Waals surface area contributed by atoms with Crippen molar-refractivity contribution < 1.29 is 18.8 Å². The lowest BCUT2D eigenvalue weighted by Gasteiger charge is -2.32. The van der Waals surface area contributed by atoms with Crippen LogP contribution in [0, 0.1) is 19.3 Å². The zero-order chi connectivity index (χ0) is 29.8. The van der Waals surface area contributed by atoms with Gasteiger partial charge in [-0.1, -0.05) is 32.0 Å². The van der Waals surface area contributed by atoms with Gasteiger partial charge in [0.1, 0.15) is 28.3 Å². The molecular weight excluding hydrogens is 546 g/mol. The van der Waals surface area contributed by atoms with Crippen molar-refractivity contribution in [1.82, 2.24) is 9.29 Å². The molecule has 0 saturated heterocycles. The van der Waals surface area contributed by atoms with Gasteiger partial charge in [0, 0.05) is 18.0 Å². The maximum Gasteiger partial charge on any atom is 0.310 e. The Morgan fingerprint density at radius 1 is 1.25 bits per heavy atom. The molecule has 5 N–H and O–H groups in total. The van der Waals surface area contributed by atoms with E-state index >= 15 is 0 Å². The van der Waals surface area contributed by atoms with E-state index in [0.717, 1.165) is 21.7 Å². The van der Waals surface area contributed by atoms with Crippen LogP contribution in [0.15, 0.2) is 41.3 Å². The summed E-state index contributed by atoms with van der Waals surface area (Å²) in [5.74, 6) is 5.25. The highest BCUT2D eigenvalue weighted by molar-refractivity contribution is 7.82. The van der Waals surface area contributed by atoms with Gasteiger partial charge < -0.3 is 20.6 Å². The van der Waals surface area contributed by atoms with E-state index in [2.05, 4.69) is 0 Å². The number of nitrogens with two attached hydrogens (primary N) is 2. The molecule has 2 heterocycles. The molecule has 0 spiro atoms. The number of aromatic nitrogens is 1. The lowest BCUT2D eigenvalue weighted by molar-refractivity contribution is -0.147. The van der Waals surface area contributed by atoms with Gasteiger partial charge in [-0.2, -0.15) is 0 Å². The van der Waals surface area contributed by atoms with E-state index in [1.54, 1.807) is 18.9 Å². The summed E-state index contributed by atoms with van der Waals surface area (Å²) in [6.07, 6.45) is 0. The summed E-state index contributed by atoms with van der Waals surface area (Å²) >= 11 is 1.46. The first-order valence-corrected chi connectivity index (χ1v) is 15.4. The SMILES string of the molecule is CC.CCN(N)c1ccc(C(c2nc(CN3CCOc4ccccc4S3=O)c(C)s2)C(C)(C)C(=O)O)c(C)c1N. The van der Waals surface area contributed by atoms with Crippen LogP contribution in [0.25, 0.3) is 0 Å². The lowest BCUT2D eigenvalue weighted by Crippen LogP contribution is -2.34. The highest BCUT2D eigenvalue weighted by atomic mass is 32.2. The lowest BCUT2D eigenvalue weighted by atomic mass is 9.73. The first kappa shape index (κ1) is 31.5. The number of carbonyl (C=O) groups is 1. The van der Waals surface area contributed by atoms with Crippen LogP contribution in [-0.2, 0) is 22.3 Å². The van der Waals surface area contributed by atoms with Gasteiger partial charge in [0.25, 0.3) is 0 Å². The molecular formula is C29H41N5O4S2. The molecule has 0 amide bonds. The van der Waals surface area contributed by atoms with Crippen LogP contribution in [0.4, 0.5) is 11.4 Å². The average molecular weight is 588 g/mol. The van der Waals surface area contributed by atoms with Gasteiger partial charge in [0.15, 0.2) is 0 Å². The Hall–Kier alpha value is -2.99. The van der Waals surface area contributed by atoms with E-state index in [1.165, 1.54) is 11.3 Å². The molecule has 2 aromatic carbocycles. The molecule has 1 aromatic heterocycles. The third kappa shape index (κ3) is 6.17. The van der Waals surface area contributed by atoms with Crippen molar-refractivity contribution in [1.29, 1.82) is 0 Å². The summed E-state index contributed by atoms with van der Waals surface area (Å²) in [6, 6.07) is 11.1. The molecule has 0 bridgehead atoms. The number of carboxylic acid groups (broad SMARTS) is 1. The van der Waals surface area contributed by atoms with Crippen molar-refractivity contribution in [3.8, 4) is 5.75 Å². The van der Waals surface area contributed by atoms with Crippen molar-refractivity contribution in [3.63, 3.8) is 0 Å². The monoisotopic (exact) mass is 587 g/mol. The minimum absolute atomic E-state index is 0.353. The molecule has 11 heteroatoms. The highest BCUT2D eigenvalue weighted by Gasteiger charge is 2.42. The normalized spacial score (nSPS) is 16.1. The molecule has 4 rings (SSSR count). The molecule has 3 aromatic rings. The largest absolute Gasteiger partial charge is 0.491 e. The Kier molecular flexibility index (Phi) is 10.3. The maximum absolute atomic E-state index is 13.4. The second-order valence-electron chi connectivity index (χ2n) is 9.92. The number of hydrogen-bond donors (Lipinski definition) is 3. The predicted molar refractivity (Wildman–Crippen MR) is 163 cm³/mol. The summed E-state index contributed by atoms with van der Waals surface area (Å²) in [7, 11) is -1.41. The zero-order valence-electron chi connectivity index (χ0n) is 24.4. The number of aryl methyl sites for hydroxylation is 1. The fourth-order valence-corrected chi connectivity index (χ4v) is 7.13. The molecule has 2 unspecified atom stereocenters. The molecule has 1 aliphatic rings. The number of ether oxygens (including phenoxy) is 1. The Balaban J connectivity index is 0.00000216. The Morgan fingerprint density at radius 2 is 1.93 bits per heavy atom. The van der Waals surface area contributed by atoms with Gasteiger partial charge >= 0.3 is 5.97 Å². The highest BCUT2D eigenvalue weighted by Crippen LogP contribution is 2.46. The number of fused-ring (bicyclic) bond motifs is 1. The molecule has 0 radical (unpaired) electrons. The van der Waals surface area contributed by atoms with Crippen molar-refractivity contribution >= 4 is 39.7 Å². The standard InChI is InChI=1S/C27H35N5O4S2.C2H6/c1-6-32(29)20-12-11-18(16(2)24(20)28)23(27(4,5)26(33)34)25-30-19(17(3)37-25)15-31-13-14-36-21-9-7-8-10-22(21)38(31)35;1-2/h7-12,23H,6,13-15,28-29H2,1-5H3,(H,33,34);1-2H3. The van der Waals surface area contributed by atoms with Crippen LogP contribution < -0.4 is 21.3 Å². The Bertz CT molecular complexity index is 1370. The first-order chi connectivity index (χ1) is 19.0. The minimum atomic E-state index is -1.41. The molecule has 0 saturated carbocycles. The second kappa shape index (κ2) is 13.1. The third-order valence-corrected chi connectivity index (χ3v) is 9.69. The van der Waals surface area contributed by atoms with Gasteiger partial charge in [0.05, 0.1) is 39.8 Å². The average Bonchev–Trinajstić information content (AvgIpc) is 3.21. The number of thiazole rings is 1. The first-order valence-electron chi connectivity index (χ1n) is 13.5. The van der Waals surface area contributed by atoms with Crippen molar-refractivity contribution in [2.75, 3.05) is 30.4 Å². The summed E-state index contributed by atoms with van der Waals surface area (Å²) in [6.45, 7) is 15.0. The zero-order valence-corrected chi connectivity index (χ0v) is 26.0. The van der Waals surface area contributed by atoms with Crippen LogP contribution in [0.5, 0.6) is 5.75 Å². The van der Waals surface area contributed by atoms with Gasteiger partial charge in [-0.15, -0.1) is 11.3 Å². The number of hydrogen-bond acceptors (Lipinski definition) is 8. The quantitative estimate of drug-likeness (QED) is 0.185. The topological polar surface area (TPSA) is 135 Å². The van der Waals surface area contributed by atoms with Crippen molar-refractivity contribution in [2.24, 2.45) is 11.3 Å². The molecule has 2 atom stereocenters. The number of hydrazine groups is 1. The van der Waals surface area contributed by atoms with E-state index in [0.29, 0.717) is 53.3 Å². The van der Waals surface area contributed by atoms with E-state index < -0.39 is 28.3 Å². The fraction of sp³-hybridized carbons (Fsp3) is 0.448. The number of rotatable bonds is 8. The molecule has 0 aliphatic carbocycles. The molecule has 9 nitrogen and oxygen atoms in total. The molecule has 0 fully saturated rings. The number of aliphatic carboxylic acids is 1. The number of para-hydroxylation sites is 1. The van der Waals surface area contributed by atoms with Gasteiger partial charge in [0.2, 0.25) is 0 Å². The van der Waals surface area contributed by atoms with Crippen molar-refractivity contribution in [3.05, 3.63) is 63.1 Å². The summed E-state index contributed by atoms with van der Waals surface area (Å²) < 4.78 is 21.0. The Labute approximate surface area is 243 Å². The van der Waals surface area contributed by atoms with Gasteiger partial charge in [-0.05, 0) is 63.9 Å². The van der Waals surface area contributed by atoms with E-state index in [4.69, 9.17) is 21.3 Å². The van der Waals surface area contributed by atoms with Crippen LogP contribution in [0.2, 0.25) is 0 Å². The van der Waals surface area contributed by atoms with Crippen molar-refractivity contribution in [2.45, 2.75) is 65.8 Å². The van der Waals surface area contributed by atoms with E-state index in [1.807, 2.05) is 75.3 Å². The molecule has 218 valence electrons. The van der Waals surface area contributed by atoms with Crippen LogP contribution >= 0.6 is 11.3 Å². The third-order valence-electron chi connectivity index (χ3n) is 7.12. The van der Waals surface area contributed by atoms with E-state index in [9.17, 15) is 14.1 Å². The molecule has 40 heavy (non-hydrogen) atoms. The van der Waals surface area contributed by atoms with Crippen LogP contribution in [-0.4, -0.2) is 44.3 Å². The maximum atomic E-state index is 13.4. The predicted octanol–water partition coefficient (Wildman–Crippen LogP) is 5.23. The van der Waals surface area contributed by atoms with Gasteiger partial charge in [-0.3, -0.25) is 4.79 Å². The smallest absolute Gasteiger partial charge is 0.310 e. The summed E-state index contributed by atoms with van der Waals surface area (Å²) in [5, 5.41) is 12.5. The Morgan fingerprint density at radius 3 is 2.58 bits per heavy atom. The van der Waals surface area contributed by atoms with Gasteiger partial charge in [-0.25, -0.2) is 19.3 Å². The van der Waals surface area contributed by atoms with Crippen LogP contribution in [0.1, 0.15) is 67.2 Å². The fourth-order valence-electron chi connectivity index (χ4n) is 4.64. The molecule has 1 aliphatic heterocycles. The number of nitrogens with zero attached hydrogens (tertiary/aromatic N) is 3. The number of anilines is 2. The number of benzene rings is 2. The number of carboxylic acids is 1.